The fourth-order valence-corrected chi connectivity index (χ4v) is 4.90. The van der Waals surface area contributed by atoms with Gasteiger partial charge in [-0.05, 0) is 55.0 Å². The molecule has 1 atom stereocenters. The zero-order valence-corrected chi connectivity index (χ0v) is 19.8. The van der Waals surface area contributed by atoms with Crippen LogP contribution in [0.4, 0.5) is 5.82 Å². The number of nitrogens with zero attached hydrogens (tertiary/aromatic N) is 1. The lowest BCUT2D eigenvalue weighted by Crippen LogP contribution is -2.39. The summed E-state index contributed by atoms with van der Waals surface area (Å²) < 4.78 is 0.909. The van der Waals surface area contributed by atoms with Crippen LogP contribution in [0.2, 0.25) is 0 Å². The second-order valence-electron chi connectivity index (χ2n) is 9.16. The van der Waals surface area contributed by atoms with E-state index in [-0.39, 0.29) is 17.1 Å². The predicted molar refractivity (Wildman–Crippen MR) is 125 cm³/mol. The Morgan fingerprint density at radius 2 is 1.97 bits per heavy atom. The van der Waals surface area contributed by atoms with E-state index >= 15 is 0 Å². The van der Waals surface area contributed by atoms with Gasteiger partial charge in [-0.3, -0.25) is 9.59 Å². The molecular weight excluding hydrogens is 454 g/mol. The molecule has 4 rings (SSSR count). The van der Waals surface area contributed by atoms with E-state index in [9.17, 15) is 9.59 Å². The fraction of sp³-hybridized carbons (Fsp3) is 0.320. The summed E-state index contributed by atoms with van der Waals surface area (Å²) in [4.78, 5) is 31.1. The summed E-state index contributed by atoms with van der Waals surface area (Å²) in [5, 5.41) is 6.31. The molecule has 0 spiro atoms. The molecule has 1 aromatic carbocycles. The van der Waals surface area contributed by atoms with Crippen molar-refractivity contribution in [1.82, 2.24) is 10.3 Å². The van der Waals surface area contributed by atoms with Crippen molar-refractivity contribution < 1.29 is 9.59 Å². The average molecular weight is 480 g/mol. The van der Waals surface area contributed by atoms with Gasteiger partial charge in [-0.25, -0.2) is 4.98 Å². The van der Waals surface area contributed by atoms with Crippen LogP contribution in [0.15, 0.2) is 69.6 Å². The van der Waals surface area contributed by atoms with E-state index in [0.717, 1.165) is 33.4 Å². The molecule has 2 aliphatic rings. The van der Waals surface area contributed by atoms with Crippen LogP contribution in [-0.4, -0.2) is 16.7 Å². The maximum Gasteiger partial charge on any atom is 0.255 e. The van der Waals surface area contributed by atoms with E-state index in [1.165, 1.54) is 0 Å². The first-order chi connectivity index (χ1) is 14.6. The molecule has 0 radical (unpaired) electrons. The van der Waals surface area contributed by atoms with Gasteiger partial charge in [0.25, 0.3) is 5.91 Å². The number of hydrogen-bond acceptors (Lipinski definition) is 4. The zero-order valence-electron chi connectivity index (χ0n) is 18.2. The minimum absolute atomic E-state index is 0.0926. The van der Waals surface area contributed by atoms with Crippen LogP contribution in [-0.2, 0) is 9.59 Å². The first-order valence-corrected chi connectivity index (χ1v) is 11.2. The number of aromatic nitrogens is 1. The van der Waals surface area contributed by atoms with E-state index in [1.807, 2.05) is 44.2 Å². The Morgan fingerprint density at radius 3 is 2.65 bits per heavy atom. The largest absolute Gasteiger partial charge is 0.362 e. The molecule has 31 heavy (non-hydrogen) atoms. The van der Waals surface area contributed by atoms with Crippen LogP contribution in [0.5, 0.6) is 0 Å². The highest BCUT2D eigenvalue weighted by atomic mass is 79.9. The Morgan fingerprint density at radius 1 is 1.19 bits per heavy atom. The molecule has 1 aliphatic heterocycles. The number of benzene rings is 1. The van der Waals surface area contributed by atoms with Crippen LogP contribution in [0.25, 0.3) is 0 Å². The smallest absolute Gasteiger partial charge is 0.255 e. The molecule has 2 heterocycles. The molecule has 1 aromatic heterocycles. The normalized spacial score (nSPS) is 20.3. The van der Waals surface area contributed by atoms with Crippen LogP contribution >= 0.6 is 15.9 Å². The number of nitrogens with one attached hydrogen (secondary N) is 2. The minimum atomic E-state index is -0.428. The summed E-state index contributed by atoms with van der Waals surface area (Å²) in [5.41, 5.74) is 4.75. The molecule has 5 nitrogen and oxygen atoms in total. The molecule has 0 unspecified atom stereocenters. The minimum Gasteiger partial charge on any atom is -0.362 e. The van der Waals surface area contributed by atoms with E-state index < -0.39 is 5.92 Å². The predicted octanol–water partition coefficient (Wildman–Crippen LogP) is 5.40. The van der Waals surface area contributed by atoms with Crippen molar-refractivity contribution in [1.29, 1.82) is 0 Å². The quantitative estimate of drug-likeness (QED) is 0.618. The highest BCUT2D eigenvalue weighted by Gasteiger charge is 2.42. The third-order valence-corrected chi connectivity index (χ3v) is 6.31. The molecule has 0 saturated heterocycles. The number of aryl methyl sites for hydroxylation is 1. The van der Waals surface area contributed by atoms with E-state index in [4.69, 9.17) is 0 Å². The molecular formula is C25H26BrN3O2. The van der Waals surface area contributed by atoms with E-state index in [1.54, 1.807) is 12.3 Å². The molecule has 0 saturated carbocycles. The van der Waals surface area contributed by atoms with Crippen molar-refractivity contribution in [2.24, 2.45) is 5.41 Å². The second kappa shape index (κ2) is 8.08. The molecule has 0 bridgehead atoms. The highest BCUT2D eigenvalue weighted by Crippen LogP contribution is 2.47. The van der Waals surface area contributed by atoms with Crippen molar-refractivity contribution in [3.05, 3.63) is 80.7 Å². The van der Waals surface area contributed by atoms with Crippen molar-refractivity contribution in [3.8, 4) is 0 Å². The summed E-state index contributed by atoms with van der Waals surface area (Å²) in [5.74, 6) is -0.104. The second-order valence-corrected chi connectivity index (χ2v) is 10.1. The summed E-state index contributed by atoms with van der Waals surface area (Å²) in [6.45, 7) is 8.06. The number of anilines is 1. The number of allylic oxidation sites excluding steroid dienone is 3. The van der Waals surface area contributed by atoms with Crippen molar-refractivity contribution in [3.63, 3.8) is 0 Å². The molecule has 6 heteroatoms. The lowest BCUT2D eigenvalue weighted by Gasteiger charge is -2.39. The number of pyridine rings is 1. The van der Waals surface area contributed by atoms with Gasteiger partial charge in [-0.1, -0.05) is 48.0 Å². The Bertz CT molecular complexity index is 1130. The third kappa shape index (κ3) is 4.35. The number of ketones is 1. The number of halogens is 1. The van der Waals surface area contributed by atoms with Crippen molar-refractivity contribution in [2.45, 2.75) is 46.5 Å². The van der Waals surface area contributed by atoms with Gasteiger partial charge in [0.05, 0.1) is 0 Å². The zero-order chi connectivity index (χ0) is 22.3. The lowest BCUT2D eigenvalue weighted by molar-refractivity contribution is -0.118. The van der Waals surface area contributed by atoms with E-state index in [0.29, 0.717) is 23.4 Å². The van der Waals surface area contributed by atoms with Crippen LogP contribution in [0.3, 0.4) is 0 Å². The number of hydrogen-bond donors (Lipinski definition) is 2. The maximum absolute atomic E-state index is 13.4. The summed E-state index contributed by atoms with van der Waals surface area (Å²) in [6.07, 6.45) is 2.95. The first-order valence-electron chi connectivity index (χ1n) is 10.4. The molecule has 2 N–H and O–H groups in total. The Hall–Kier alpha value is -2.73. The maximum atomic E-state index is 13.4. The number of carbonyl (C=O) groups excluding carboxylic acids is 2. The van der Waals surface area contributed by atoms with Gasteiger partial charge < -0.3 is 10.6 Å². The van der Waals surface area contributed by atoms with Crippen molar-refractivity contribution in [2.75, 3.05) is 5.32 Å². The molecule has 2 aromatic rings. The average Bonchev–Trinajstić information content (AvgIpc) is 2.67. The van der Waals surface area contributed by atoms with Gasteiger partial charge in [0.1, 0.15) is 5.82 Å². The Balaban J connectivity index is 1.80. The Kier molecular flexibility index (Phi) is 5.60. The number of rotatable bonds is 3. The fourth-order valence-electron chi connectivity index (χ4n) is 4.48. The molecule has 160 valence electrons. The van der Waals surface area contributed by atoms with Crippen LogP contribution in [0, 0.1) is 12.3 Å². The van der Waals surface area contributed by atoms with Gasteiger partial charge in [0.15, 0.2) is 5.78 Å². The Labute approximate surface area is 191 Å². The van der Waals surface area contributed by atoms with Gasteiger partial charge in [-0.15, -0.1) is 0 Å². The van der Waals surface area contributed by atoms with Gasteiger partial charge >= 0.3 is 0 Å². The van der Waals surface area contributed by atoms with Crippen molar-refractivity contribution >= 4 is 33.4 Å². The number of Topliss-reactive ketones (excluding diaryl/α,β-unsaturated/α-hetero) is 1. The SMILES string of the molecule is CC1=C(C(=O)Nc2ccc(C)cn2)[C@H](c2cccc(Br)c2)C2=C(CC(C)(C)CC2=O)N1. The monoisotopic (exact) mass is 479 g/mol. The highest BCUT2D eigenvalue weighted by molar-refractivity contribution is 9.10. The molecule has 1 aliphatic carbocycles. The lowest BCUT2D eigenvalue weighted by atomic mass is 9.68. The number of dihydropyridines is 1. The molecule has 1 amide bonds. The number of amides is 1. The van der Waals surface area contributed by atoms with Gasteiger partial charge in [0.2, 0.25) is 0 Å². The third-order valence-electron chi connectivity index (χ3n) is 5.82. The van der Waals surface area contributed by atoms with Gasteiger partial charge in [0, 0.05) is 45.5 Å². The topological polar surface area (TPSA) is 71.1 Å². The summed E-state index contributed by atoms with van der Waals surface area (Å²) in [7, 11) is 0. The van der Waals surface area contributed by atoms with Crippen LogP contribution < -0.4 is 10.6 Å². The van der Waals surface area contributed by atoms with Gasteiger partial charge in [-0.2, -0.15) is 0 Å². The van der Waals surface area contributed by atoms with E-state index in [2.05, 4.69) is 45.4 Å². The standard InChI is InChI=1S/C25H26BrN3O2/c1-14-8-9-20(27-13-14)29-24(31)21-15(2)28-18-11-25(3,4)12-19(30)23(18)22(21)16-6-5-7-17(26)10-16/h5-10,13,22,28H,11-12H2,1-4H3,(H,27,29,31)/t22-/m0/s1. The number of carbonyl (C=O) groups is 2. The van der Waals surface area contributed by atoms with Crippen LogP contribution in [0.1, 0.15) is 50.7 Å². The summed E-state index contributed by atoms with van der Waals surface area (Å²) >= 11 is 3.54. The first kappa shape index (κ1) is 21.5. The molecule has 0 fully saturated rings. The summed E-state index contributed by atoms with van der Waals surface area (Å²) in [6, 6.07) is 11.5.